The molecule has 0 saturated heterocycles. The van der Waals surface area contributed by atoms with Crippen LogP contribution in [0.1, 0.15) is 96.6 Å². The van der Waals surface area contributed by atoms with Gasteiger partial charge in [0.25, 0.3) is 0 Å². The Morgan fingerprint density at radius 2 is 0.619 bits per heavy atom. The van der Waals surface area contributed by atoms with Crippen molar-refractivity contribution in [2.45, 2.75) is 88.9 Å². The molecule has 0 saturated carbocycles. The van der Waals surface area contributed by atoms with Crippen LogP contribution in [0.3, 0.4) is 0 Å². The Labute approximate surface area is 505 Å². The van der Waals surface area contributed by atoms with Crippen LogP contribution >= 0.6 is 0 Å². The molecule has 7 aromatic heterocycles. The van der Waals surface area contributed by atoms with E-state index in [2.05, 4.69) is 254 Å². The first-order chi connectivity index (χ1) is 40.2. The van der Waals surface area contributed by atoms with Crippen molar-refractivity contribution in [3.63, 3.8) is 0 Å². The maximum Gasteiger partial charge on any atom is 0.168 e. The summed E-state index contributed by atoms with van der Waals surface area (Å²) in [6, 6.07) is 58.4. The van der Waals surface area contributed by atoms with E-state index >= 15 is 0 Å². The smallest absolute Gasteiger partial charge is 0.168 e. The van der Waals surface area contributed by atoms with E-state index in [0.717, 1.165) is 155 Å². The second kappa shape index (κ2) is 25.6. The van der Waals surface area contributed by atoms with Crippen LogP contribution in [0.25, 0.3) is 88.6 Å². The van der Waals surface area contributed by atoms with E-state index in [0.29, 0.717) is 11.8 Å². The number of rotatable bonds is 18. The van der Waals surface area contributed by atoms with Crippen LogP contribution in [0.15, 0.2) is 207 Å². The van der Waals surface area contributed by atoms with Crippen molar-refractivity contribution in [2.75, 3.05) is 0 Å². The fourth-order valence-electron chi connectivity index (χ4n) is 13.0. The molecule has 0 amide bonds. The topological polar surface area (TPSA) is 69.5 Å². The summed E-state index contributed by atoms with van der Waals surface area (Å²) in [4.78, 5) is 22.5. The molecule has 13 rings (SSSR count). The number of fused-ring (bicyclic) bond motifs is 20. The van der Waals surface area contributed by atoms with E-state index in [1.54, 1.807) is 0 Å². The van der Waals surface area contributed by atoms with E-state index in [-0.39, 0.29) is 24.2 Å². The molecule has 0 unspecified atom stereocenters. The van der Waals surface area contributed by atoms with Crippen molar-refractivity contribution >= 4 is 43.6 Å². The van der Waals surface area contributed by atoms with Crippen LogP contribution in [0.2, 0.25) is 0 Å². The maximum atomic E-state index is 5.67. The largest absolute Gasteiger partial charge is 0.657 e. The molecule has 0 N–H and O–H groups in total. The van der Waals surface area contributed by atoms with Gasteiger partial charge in [-0.15, -0.1) is 22.1 Å². The molecule has 4 aromatic carbocycles. The maximum absolute atomic E-state index is 5.67. The second-order valence-corrected chi connectivity index (χ2v) is 23.2. The predicted molar refractivity (Wildman–Crippen MR) is 337 cm³/mol. The molecule has 1 radical (unpaired) electrons. The standard InChI is InChI=1S/C74H72N8.CH3.Co/c1-79-39-31-51(32-40-79)15-9-19-55(20-10-16-52-33-41-80(2)42-34-52)57-27-13-29-63-69-47-65-60-24-6-8-26-62(60)68(76-65)50-72-74-58(56(21-11-17-53-35-43-81(3)44-36-53)22-12-18-54-37-45-82(4)46-38-54)28-14-30-64(74)70(78-72)48-66-59-23-5-7-25-61(59)67(75-66)49-71(77-69)73(57)63;;/h5-8,13-14,23-50,55-56H,9-12,15-22H2,1-4H3;1H3;/q+2;-1;. The number of aryl methyl sites for hydroxylation is 8. The molecule has 0 spiro atoms. The number of hydrogen-bond acceptors (Lipinski definition) is 2. The molecule has 423 valence electrons. The van der Waals surface area contributed by atoms with Gasteiger partial charge in [-0.3, -0.25) is 0 Å². The van der Waals surface area contributed by atoms with Crippen molar-refractivity contribution in [3.05, 3.63) is 248 Å². The van der Waals surface area contributed by atoms with Gasteiger partial charge < -0.3 is 17.4 Å². The monoisotopic (exact) mass is 1150 g/mol. The zero-order valence-electron chi connectivity index (χ0n) is 49.2. The average molecular weight is 1150 g/mol. The summed E-state index contributed by atoms with van der Waals surface area (Å²) in [6.45, 7) is 0. The predicted octanol–water partition coefficient (Wildman–Crippen LogP) is 14.6. The van der Waals surface area contributed by atoms with Crippen LogP contribution in [0.4, 0.5) is 0 Å². The van der Waals surface area contributed by atoms with Gasteiger partial charge in [0, 0.05) is 87.6 Å². The number of nitrogens with zero attached hydrogens (tertiary/aromatic N) is 8. The molecule has 0 fully saturated rings. The summed E-state index contributed by atoms with van der Waals surface area (Å²) in [5, 5.41) is 4.73. The average Bonchev–Trinajstić information content (AvgIpc) is 2.04. The molecular formula is C75H75CoN8+. The Morgan fingerprint density at radius 1 is 0.345 bits per heavy atom. The minimum absolute atomic E-state index is 0. The van der Waals surface area contributed by atoms with E-state index in [9.17, 15) is 0 Å². The molecule has 11 aromatic rings. The normalized spacial score (nSPS) is 11.7. The second-order valence-electron chi connectivity index (χ2n) is 23.2. The van der Waals surface area contributed by atoms with Crippen molar-refractivity contribution in [3.8, 4) is 45.0 Å². The Kier molecular flexibility index (Phi) is 17.5. The summed E-state index contributed by atoms with van der Waals surface area (Å²) in [5.41, 5.74) is 20.1. The number of benzene rings is 4. The van der Waals surface area contributed by atoms with E-state index < -0.39 is 0 Å². The molecule has 8 nitrogen and oxygen atoms in total. The van der Waals surface area contributed by atoms with E-state index in [1.165, 1.54) is 44.2 Å². The Hall–Kier alpha value is -8.37. The molecule has 0 atom stereocenters. The van der Waals surface area contributed by atoms with E-state index in [4.69, 9.17) is 19.9 Å². The first-order valence-electron chi connectivity index (χ1n) is 29.7. The third-order valence-corrected chi connectivity index (χ3v) is 17.4. The molecule has 9 heterocycles. The summed E-state index contributed by atoms with van der Waals surface area (Å²) in [5.74, 6) is 0.646. The van der Waals surface area contributed by atoms with Gasteiger partial charge in [0.15, 0.2) is 49.6 Å². The molecule has 2 aliphatic heterocycles. The van der Waals surface area contributed by atoms with Crippen molar-refractivity contribution in [2.24, 2.45) is 28.2 Å². The Morgan fingerprint density at radius 3 is 0.905 bits per heavy atom. The van der Waals surface area contributed by atoms with Gasteiger partial charge in [0.1, 0.15) is 28.2 Å². The molecule has 2 aliphatic rings. The molecule has 0 aliphatic carbocycles. The van der Waals surface area contributed by atoms with Gasteiger partial charge in [-0.1, -0.05) is 84.9 Å². The van der Waals surface area contributed by atoms with Crippen LogP contribution in [0, 0.1) is 7.43 Å². The minimum Gasteiger partial charge on any atom is -0.657 e. The molecular weight excluding hydrogens is 1070 g/mol. The van der Waals surface area contributed by atoms with Crippen LogP contribution in [-0.4, -0.2) is 9.97 Å². The summed E-state index contributed by atoms with van der Waals surface area (Å²) >= 11 is 0. The van der Waals surface area contributed by atoms with Crippen molar-refractivity contribution in [1.29, 1.82) is 0 Å². The zero-order valence-corrected chi connectivity index (χ0v) is 50.2. The quantitative estimate of drug-likeness (QED) is 0.0634. The Balaban J connectivity index is 0.00000368. The zero-order chi connectivity index (χ0) is 55.5. The molecule has 84 heavy (non-hydrogen) atoms. The minimum atomic E-state index is 0. The summed E-state index contributed by atoms with van der Waals surface area (Å²) in [7, 11) is 8.35. The van der Waals surface area contributed by atoms with E-state index in [1.807, 2.05) is 0 Å². The Bertz CT molecular complexity index is 3890. The fraction of sp³-hybridized carbons (Fsp3) is 0.240. The van der Waals surface area contributed by atoms with Gasteiger partial charge >= 0.3 is 0 Å². The summed E-state index contributed by atoms with van der Waals surface area (Å²) in [6.07, 6.45) is 30.1. The van der Waals surface area contributed by atoms with Crippen LogP contribution in [-0.2, 0) is 70.7 Å². The number of pyridine rings is 4. The molecule has 9 heteroatoms. The van der Waals surface area contributed by atoms with Gasteiger partial charge in [0.2, 0.25) is 0 Å². The van der Waals surface area contributed by atoms with Gasteiger partial charge in [-0.2, -0.15) is 0 Å². The first kappa shape index (κ1) is 57.4. The SMILES string of the molecule is C[n+]1ccc(CCCC(CCCc2cc[n+](C)cc2)c2cccc3c4cc5nc(cc6[n-]c(cc7nc(cc([n-]4)c23)-c2ccccc2-7)c2cccc(C(CCCc3cc[n+](C)cc3)CCCc3cc[n+](C)cc3)c62)-c2ccccc2-5)cc1.[CH3-].[Co]. The van der Waals surface area contributed by atoms with Crippen molar-refractivity contribution in [1.82, 2.24) is 19.9 Å². The third kappa shape index (κ3) is 12.3. The van der Waals surface area contributed by atoms with Crippen LogP contribution in [0.5, 0.6) is 0 Å². The van der Waals surface area contributed by atoms with Crippen molar-refractivity contribution < 1.29 is 35.0 Å². The van der Waals surface area contributed by atoms with Gasteiger partial charge in [0.05, 0.1) is 22.8 Å². The fourth-order valence-corrected chi connectivity index (χ4v) is 13.0. The number of hydrogen-bond donors (Lipinski definition) is 0. The third-order valence-electron chi connectivity index (χ3n) is 17.4. The summed E-state index contributed by atoms with van der Waals surface area (Å²) < 4.78 is 8.46. The first-order valence-corrected chi connectivity index (χ1v) is 29.7. The molecule has 8 bridgehead atoms. The van der Waals surface area contributed by atoms with Crippen LogP contribution < -0.4 is 28.2 Å². The van der Waals surface area contributed by atoms with Gasteiger partial charge in [-0.05, 0) is 168 Å². The number of aromatic nitrogens is 8. The van der Waals surface area contributed by atoms with Gasteiger partial charge in [-0.25, -0.2) is 28.2 Å².